The van der Waals surface area contributed by atoms with Gasteiger partial charge < -0.3 is 4.90 Å². The molecule has 1 aliphatic rings. The van der Waals surface area contributed by atoms with Crippen LogP contribution in [0.4, 0.5) is 0 Å². The summed E-state index contributed by atoms with van der Waals surface area (Å²) in [7, 11) is 0. The van der Waals surface area contributed by atoms with Crippen molar-refractivity contribution in [2.75, 3.05) is 13.1 Å². The van der Waals surface area contributed by atoms with E-state index in [9.17, 15) is 4.79 Å². The van der Waals surface area contributed by atoms with E-state index in [1.807, 2.05) is 48.5 Å². The van der Waals surface area contributed by atoms with E-state index in [-0.39, 0.29) is 5.91 Å². The molecule has 0 saturated carbocycles. The Balaban J connectivity index is 1.72. The Labute approximate surface area is 174 Å². The lowest BCUT2D eigenvalue weighted by molar-refractivity contribution is 0.0974. The number of rotatable bonds is 2. The topological polar surface area (TPSA) is 45.2 Å². The SMILES string of the molecule is O=C(NC(=S)N1CCCCC1)c1cc(-c2ccccc2Cl)nc2ccccc12. The summed E-state index contributed by atoms with van der Waals surface area (Å²) in [6, 6.07) is 16.9. The van der Waals surface area contributed by atoms with Crippen molar-refractivity contribution >= 4 is 45.7 Å². The number of para-hydroxylation sites is 1. The second kappa shape index (κ2) is 8.25. The number of halogens is 1. The molecule has 2 heterocycles. The lowest BCUT2D eigenvalue weighted by Gasteiger charge is -2.29. The van der Waals surface area contributed by atoms with Crippen LogP contribution in [0, 0.1) is 0 Å². The first-order valence-electron chi connectivity index (χ1n) is 9.38. The summed E-state index contributed by atoms with van der Waals surface area (Å²) < 4.78 is 0. The van der Waals surface area contributed by atoms with E-state index >= 15 is 0 Å². The average molecular weight is 410 g/mol. The number of hydrogen-bond donors (Lipinski definition) is 1. The third kappa shape index (κ3) is 3.86. The number of likely N-dealkylation sites (tertiary alicyclic amines) is 1. The average Bonchev–Trinajstić information content (AvgIpc) is 2.74. The molecule has 0 aliphatic carbocycles. The van der Waals surface area contributed by atoms with Crippen molar-refractivity contribution < 1.29 is 4.79 Å². The van der Waals surface area contributed by atoms with Crippen LogP contribution < -0.4 is 5.32 Å². The fourth-order valence-corrected chi connectivity index (χ4v) is 4.02. The predicted molar refractivity (Wildman–Crippen MR) is 118 cm³/mol. The molecule has 1 fully saturated rings. The van der Waals surface area contributed by atoms with Crippen LogP contribution in [0.2, 0.25) is 5.02 Å². The highest BCUT2D eigenvalue weighted by molar-refractivity contribution is 7.80. The van der Waals surface area contributed by atoms with Gasteiger partial charge in [-0.05, 0) is 49.7 Å². The number of pyridine rings is 1. The van der Waals surface area contributed by atoms with Gasteiger partial charge in [0.1, 0.15) is 0 Å². The molecule has 0 radical (unpaired) electrons. The van der Waals surface area contributed by atoms with Crippen LogP contribution in [0.15, 0.2) is 54.6 Å². The van der Waals surface area contributed by atoms with E-state index in [0.717, 1.165) is 42.4 Å². The fourth-order valence-electron chi connectivity index (χ4n) is 3.51. The van der Waals surface area contributed by atoms with Gasteiger partial charge in [-0.15, -0.1) is 0 Å². The highest BCUT2D eigenvalue weighted by Gasteiger charge is 2.19. The van der Waals surface area contributed by atoms with Gasteiger partial charge in [0.25, 0.3) is 5.91 Å². The Kier molecular flexibility index (Phi) is 5.55. The Morgan fingerprint density at radius 3 is 2.54 bits per heavy atom. The summed E-state index contributed by atoms with van der Waals surface area (Å²) in [5.41, 5.74) is 2.75. The first-order chi connectivity index (χ1) is 13.6. The van der Waals surface area contributed by atoms with Crippen LogP contribution in [0.1, 0.15) is 29.6 Å². The van der Waals surface area contributed by atoms with Gasteiger partial charge in [-0.25, -0.2) is 4.98 Å². The maximum Gasteiger partial charge on any atom is 0.258 e. The molecule has 6 heteroatoms. The van der Waals surface area contributed by atoms with Crippen LogP contribution in [0.25, 0.3) is 22.2 Å². The number of carbonyl (C=O) groups is 1. The molecule has 1 aliphatic heterocycles. The molecular weight excluding hydrogens is 390 g/mol. The highest BCUT2D eigenvalue weighted by Crippen LogP contribution is 2.29. The molecule has 1 amide bonds. The summed E-state index contributed by atoms with van der Waals surface area (Å²) in [5.74, 6) is -0.220. The van der Waals surface area contributed by atoms with Gasteiger partial charge in [-0.2, -0.15) is 0 Å². The summed E-state index contributed by atoms with van der Waals surface area (Å²) in [4.78, 5) is 19.9. The zero-order valence-corrected chi connectivity index (χ0v) is 16.9. The molecule has 1 N–H and O–H groups in total. The third-order valence-corrected chi connectivity index (χ3v) is 5.66. The standard InChI is InChI=1S/C22H20ClN3OS/c23-18-10-4-2-9-16(18)20-14-17(15-8-3-5-11-19(15)24-20)21(27)25-22(28)26-12-6-1-7-13-26/h2-5,8-11,14H,1,6-7,12-13H2,(H,25,27,28). The normalized spacial score (nSPS) is 14.1. The van der Waals surface area contributed by atoms with Gasteiger partial charge in [0, 0.05) is 29.1 Å². The quantitative estimate of drug-likeness (QED) is 0.601. The number of benzene rings is 2. The van der Waals surface area contributed by atoms with Gasteiger partial charge >= 0.3 is 0 Å². The molecular formula is C22H20ClN3OS. The lowest BCUT2D eigenvalue weighted by Crippen LogP contribution is -2.45. The number of aromatic nitrogens is 1. The van der Waals surface area contributed by atoms with Crippen LogP contribution in [-0.4, -0.2) is 34.0 Å². The number of thiocarbonyl (C=S) groups is 1. The Hall–Kier alpha value is -2.50. The number of amides is 1. The maximum absolute atomic E-state index is 13.1. The van der Waals surface area contributed by atoms with E-state index in [0.29, 0.717) is 21.4 Å². The maximum atomic E-state index is 13.1. The minimum atomic E-state index is -0.220. The highest BCUT2D eigenvalue weighted by atomic mass is 35.5. The number of carbonyl (C=O) groups excluding carboxylic acids is 1. The molecule has 1 saturated heterocycles. The summed E-state index contributed by atoms with van der Waals surface area (Å²) in [5, 5.41) is 4.79. The number of piperidine rings is 1. The van der Waals surface area contributed by atoms with E-state index in [1.54, 1.807) is 6.07 Å². The molecule has 142 valence electrons. The van der Waals surface area contributed by atoms with Crippen molar-refractivity contribution in [1.82, 2.24) is 15.2 Å². The number of hydrogen-bond acceptors (Lipinski definition) is 3. The van der Waals surface area contributed by atoms with Crippen LogP contribution in [0.3, 0.4) is 0 Å². The van der Waals surface area contributed by atoms with Gasteiger partial charge in [0.05, 0.1) is 16.8 Å². The zero-order valence-electron chi connectivity index (χ0n) is 15.3. The molecule has 0 bridgehead atoms. The first kappa shape index (κ1) is 18.8. The van der Waals surface area contributed by atoms with E-state index in [4.69, 9.17) is 28.8 Å². The molecule has 3 aromatic rings. The van der Waals surface area contributed by atoms with Crippen molar-refractivity contribution in [2.24, 2.45) is 0 Å². The van der Waals surface area contributed by atoms with Crippen LogP contribution in [-0.2, 0) is 0 Å². The lowest BCUT2D eigenvalue weighted by atomic mass is 10.0. The minimum Gasteiger partial charge on any atom is -0.349 e. The molecule has 2 aromatic carbocycles. The second-order valence-electron chi connectivity index (χ2n) is 6.86. The van der Waals surface area contributed by atoms with E-state index in [1.165, 1.54) is 6.42 Å². The summed E-state index contributed by atoms with van der Waals surface area (Å²) in [6.07, 6.45) is 3.42. The van der Waals surface area contributed by atoms with Crippen molar-refractivity contribution in [1.29, 1.82) is 0 Å². The second-order valence-corrected chi connectivity index (χ2v) is 7.65. The number of nitrogens with one attached hydrogen (secondary N) is 1. The first-order valence-corrected chi connectivity index (χ1v) is 10.2. The van der Waals surface area contributed by atoms with E-state index < -0.39 is 0 Å². The molecule has 4 rings (SSSR count). The molecule has 4 nitrogen and oxygen atoms in total. The van der Waals surface area contributed by atoms with Crippen molar-refractivity contribution in [3.05, 3.63) is 65.2 Å². The Morgan fingerprint density at radius 1 is 1.04 bits per heavy atom. The van der Waals surface area contributed by atoms with Crippen molar-refractivity contribution in [3.8, 4) is 11.3 Å². The smallest absolute Gasteiger partial charge is 0.258 e. The molecule has 0 unspecified atom stereocenters. The molecule has 0 atom stereocenters. The zero-order chi connectivity index (χ0) is 19.5. The largest absolute Gasteiger partial charge is 0.349 e. The van der Waals surface area contributed by atoms with Gasteiger partial charge in [-0.1, -0.05) is 48.0 Å². The van der Waals surface area contributed by atoms with Gasteiger partial charge in [-0.3, -0.25) is 10.1 Å². The third-order valence-electron chi connectivity index (χ3n) is 4.97. The summed E-state index contributed by atoms with van der Waals surface area (Å²) >= 11 is 11.8. The van der Waals surface area contributed by atoms with Gasteiger partial charge in [0.2, 0.25) is 0 Å². The molecule has 0 spiro atoms. The molecule has 28 heavy (non-hydrogen) atoms. The van der Waals surface area contributed by atoms with Gasteiger partial charge in [0.15, 0.2) is 5.11 Å². The van der Waals surface area contributed by atoms with Crippen LogP contribution >= 0.6 is 23.8 Å². The number of fused-ring (bicyclic) bond motifs is 1. The summed E-state index contributed by atoms with van der Waals surface area (Å²) in [6.45, 7) is 1.78. The van der Waals surface area contributed by atoms with Crippen molar-refractivity contribution in [2.45, 2.75) is 19.3 Å². The minimum absolute atomic E-state index is 0.220. The van der Waals surface area contributed by atoms with Crippen LogP contribution in [0.5, 0.6) is 0 Å². The fraction of sp³-hybridized carbons (Fsp3) is 0.227. The van der Waals surface area contributed by atoms with E-state index in [2.05, 4.69) is 10.2 Å². The monoisotopic (exact) mass is 409 g/mol. The predicted octanol–water partition coefficient (Wildman–Crippen LogP) is 5.06. The Bertz CT molecular complexity index is 1050. The molecule has 1 aromatic heterocycles. The Morgan fingerprint density at radius 2 is 1.75 bits per heavy atom. The van der Waals surface area contributed by atoms with Crippen molar-refractivity contribution in [3.63, 3.8) is 0 Å². The number of nitrogens with zero attached hydrogens (tertiary/aromatic N) is 2.